The van der Waals surface area contributed by atoms with Crippen molar-refractivity contribution in [3.05, 3.63) is 112 Å². The molecule has 1 atom stereocenters. The fourth-order valence-corrected chi connectivity index (χ4v) is 4.35. The molecule has 1 unspecified atom stereocenters. The van der Waals surface area contributed by atoms with E-state index in [4.69, 9.17) is 0 Å². The second kappa shape index (κ2) is 8.77. The predicted octanol–water partition coefficient (Wildman–Crippen LogP) is 4.00. The van der Waals surface area contributed by atoms with Crippen LogP contribution >= 0.6 is 0 Å². The SMILES string of the molecule is O=[N+]([O-])c1cccc(CS(=O)(=O)NC(Cc2ccccc2)c2ccccc2)c1. The van der Waals surface area contributed by atoms with Gasteiger partial charge in [-0.2, -0.15) is 0 Å². The van der Waals surface area contributed by atoms with Gasteiger partial charge in [-0.3, -0.25) is 10.1 Å². The number of nitro groups is 1. The zero-order valence-electron chi connectivity index (χ0n) is 15.1. The molecular formula is C21H20N2O4S. The molecule has 0 radical (unpaired) electrons. The number of non-ortho nitro benzene ring substituents is 1. The van der Waals surface area contributed by atoms with Crippen molar-refractivity contribution >= 4 is 15.7 Å². The summed E-state index contributed by atoms with van der Waals surface area (Å²) >= 11 is 0. The van der Waals surface area contributed by atoms with Crippen LogP contribution in [0, 0.1) is 10.1 Å². The highest BCUT2D eigenvalue weighted by atomic mass is 32.2. The molecule has 7 heteroatoms. The van der Waals surface area contributed by atoms with Crippen LogP contribution in [0.4, 0.5) is 5.69 Å². The van der Waals surface area contributed by atoms with E-state index in [-0.39, 0.29) is 11.4 Å². The molecule has 6 nitrogen and oxygen atoms in total. The van der Waals surface area contributed by atoms with Crippen LogP contribution in [0.25, 0.3) is 0 Å². The third-order valence-electron chi connectivity index (χ3n) is 4.28. The number of benzene rings is 3. The van der Waals surface area contributed by atoms with Crippen LogP contribution in [-0.2, 0) is 22.2 Å². The van der Waals surface area contributed by atoms with E-state index in [1.807, 2.05) is 60.7 Å². The highest BCUT2D eigenvalue weighted by molar-refractivity contribution is 7.88. The number of hydrogen-bond acceptors (Lipinski definition) is 4. The Kier molecular flexibility index (Phi) is 6.18. The van der Waals surface area contributed by atoms with Crippen molar-refractivity contribution in [3.8, 4) is 0 Å². The summed E-state index contributed by atoms with van der Waals surface area (Å²) in [5, 5.41) is 10.9. The number of hydrogen-bond donors (Lipinski definition) is 1. The molecule has 0 heterocycles. The Bertz CT molecular complexity index is 1040. The fraction of sp³-hybridized carbons (Fsp3) is 0.143. The van der Waals surface area contributed by atoms with Gasteiger partial charge >= 0.3 is 0 Å². The van der Waals surface area contributed by atoms with Crippen molar-refractivity contribution in [3.63, 3.8) is 0 Å². The summed E-state index contributed by atoms with van der Waals surface area (Å²) in [6.45, 7) is 0. The van der Waals surface area contributed by atoms with Crippen LogP contribution in [-0.4, -0.2) is 13.3 Å². The first-order valence-electron chi connectivity index (χ1n) is 8.75. The molecule has 0 fully saturated rings. The lowest BCUT2D eigenvalue weighted by Gasteiger charge is -2.19. The molecule has 0 bridgehead atoms. The lowest BCUT2D eigenvalue weighted by atomic mass is 10.00. The molecular weight excluding hydrogens is 376 g/mol. The van der Waals surface area contributed by atoms with E-state index in [1.54, 1.807) is 6.07 Å². The summed E-state index contributed by atoms with van der Waals surface area (Å²) in [4.78, 5) is 10.4. The van der Waals surface area contributed by atoms with Crippen LogP contribution in [0.5, 0.6) is 0 Å². The summed E-state index contributed by atoms with van der Waals surface area (Å²) in [7, 11) is -3.72. The van der Waals surface area contributed by atoms with Crippen molar-refractivity contribution in [2.24, 2.45) is 0 Å². The Balaban J connectivity index is 1.82. The molecule has 0 aliphatic rings. The molecule has 0 saturated heterocycles. The first-order valence-corrected chi connectivity index (χ1v) is 10.4. The van der Waals surface area contributed by atoms with Gasteiger partial charge in [0.2, 0.25) is 10.0 Å². The normalized spacial score (nSPS) is 12.4. The third kappa shape index (κ3) is 5.48. The van der Waals surface area contributed by atoms with Gasteiger partial charge in [0, 0.05) is 12.1 Å². The van der Waals surface area contributed by atoms with Crippen LogP contribution in [0.3, 0.4) is 0 Å². The van der Waals surface area contributed by atoms with E-state index >= 15 is 0 Å². The number of nitrogens with zero attached hydrogens (tertiary/aromatic N) is 1. The van der Waals surface area contributed by atoms with Crippen molar-refractivity contribution in [1.82, 2.24) is 4.72 Å². The molecule has 3 rings (SSSR count). The fourth-order valence-electron chi connectivity index (χ4n) is 3.00. The van der Waals surface area contributed by atoms with Gasteiger partial charge in [-0.15, -0.1) is 0 Å². The molecule has 3 aromatic rings. The van der Waals surface area contributed by atoms with E-state index in [0.29, 0.717) is 12.0 Å². The maximum absolute atomic E-state index is 12.8. The van der Waals surface area contributed by atoms with Gasteiger partial charge in [-0.25, -0.2) is 13.1 Å². The number of nitro benzene ring substituents is 1. The molecule has 1 N–H and O–H groups in total. The second-order valence-corrected chi connectivity index (χ2v) is 8.21. The molecule has 0 amide bonds. The molecule has 0 saturated carbocycles. The van der Waals surface area contributed by atoms with Gasteiger partial charge in [0.1, 0.15) is 0 Å². The number of rotatable bonds is 8. The van der Waals surface area contributed by atoms with E-state index in [9.17, 15) is 18.5 Å². The molecule has 144 valence electrons. The minimum absolute atomic E-state index is 0.128. The van der Waals surface area contributed by atoms with E-state index in [1.165, 1.54) is 18.2 Å². The second-order valence-electron chi connectivity index (χ2n) is 6.46. The predicted molar refractivity (Wildman–Crippen MR) is 108 cm³/mol. The monoisotopic (exact) mass is 396 g/mol. The molecule has 0 aromatic heterocycles. The first kappa shape index (κ1) is 19.7. The maximum Gasteiger partial charge on any atom is 0.269 e. The van der Waals surface area contributed by atoms with Crippen LogP contribution in [0.15, 0.2) is 84.9 Å². The lowest BCUT2D eigenvalue weighted by molar-refractivity contribution is -0.384. The van der Waals surface area contributed by atoms with Gasteiger partial charge in [0.15, 0.2) is 0 Å². The standard InChI is InChI=1S/C21H20N2O4S/c24-23(25)20-13-7-10-18(14-20)16-28(26,27)22-21(19-11-5-2-6-12-19)15-17-8-3-1-4-9-17/h1-14,21-22H,15-16H2. The zero-order valence-corrected chi connectivity index (χ0v) is 15.9. The Labute approximate surface area is 164 Å². The maximum atomic E-state index is 12.8. The zero-order chi connectivity index (χ0) is 20.0. The third-order valence-corrected chi connectivity index (χ3v) is 5.64. The van der Waals surface area contributed by atoms with Crippen molar-refractivity contribution in [2.75, 3.05) is 0 Å². The van der Waals surface area contributed by atoms with Crippen LogP contribution in [0.1, 0.15) is 22.7 Å². The van der Waals surface area contributed by atoms with E-state index in [0.717, 1.165) is 11.1 Å². The van der Waals surface area contributed by atoms with Crippen molar-refractivity contribution < 1.29 is 13.3 Å². The van der Waals surface area contributed by atoms with Crippen LogP contribution in [0.2, 0.25) is 0 Å². The van der Waals surface area contributed by atoms with Gasteiger partial charge in [0.05, 0.1) is 16.7 Å². The largest absolute Gasteiger partial charge is 0.269 e. The lowest BCUT2D eigenvalue weighted by Crippen LogP contribution is -2.31. The summed E-state index contributed by atoms with van der Waals surface area (Å²) in [5.74, 6) is -0.327. The van der Waals surface area contributed by atoms with Gasteiger partial charge < -0.3 is 0 Å². The Morgan fingerprint density at radius 2 is 1.46 bits per heavy atom. The smallest absolute Gasteiger partial charge is 0.258 e. The van der Waals surface area contributed by atoms with Crippen LogP contribution < -0.4 is 4.72 Å². The van der Waals surface area contributed by atoms with Gasteiger partial charge in [-0.05, 0) is 23.1 Å². The van der Waals surface area contributed by atoms with Gasteiger partial charge in [-0.1, -0.05) is 72.8 Å². The molecule has 0 spiro atoms. The quantitative estimate of drug-likeness (QED) is 0.460. The Morgan fingerprint density at radius 3 is 2.11 bits per heavy atom. The summed E-state index contributed by atoms with van der Waals surface area (Å²) in [5.41, 5.74) is 2.10. The Morgan fingerprint density at radius 1 is 0.857 bits per heavy atom. The van der Waals surface area contributed by atoms with E-state index < -0.39 is 21.0 Å². The highest BCUT2D eigenvalue weighted by Gasteiger charge is 2.21. The minimum Gasteiger partial charge on any atom is -0.258 e. The minimum atomic E-state index is -3.72. The summed E-state index contributed by atoms with van der Waals surface area (Å²) in [6.07, 6.45) is 0.499. The van der Waals surface area contributed by atoms with Gasteiger partial charge in [0.25, 0.3) is 5.69 Å². The van der Waals surface area contributed by atoms with Crippen molar-refractivity contribution in [2.45, 2.75) is 18.2 Å². The first-order chi connectivity index (χ1) is 13.4. The summed E-state index contributed by atoms with van der Waals surface area (Å²) < 4.78 is 28.3. The average molecular weight is 396 g/mol. The average Bonchev–Trinajstić information content (AvgIpc) is 2.68. The van der Waals surface area contributed by atoms with E-state index in [2.05, 4.69) is 4.72 Å². The summed E-state index contributed by atoms with van der Waals surface area (Å²) in [6, 6.07) is 24.2. The highest BCUT2D eigenvalue weighted by Crippen LogP contribution is 2.21. The molecule has 28 heavy (non-hydrogen) atoms. The molecule has 0 aliphatic heterocycles. The topological polar surface area (TPSA) is 89.3 Å². The Hall–Kier alpha value is -3.03. The number of sulfonamides is 1. The number of nitrogens with one attached hydrogen (secondary N) is 1. The molecule has 3 aromatic carbocycles. The molecule has 0 aliphatic carbocycles. The van der Waals surface area contributed by atoms with Crippen molar-refractivity contribution in [1.29, 1.82) is 0 Å².